The lowest BCUT2D eigenvalue weighted by Gasteiger charge is -2.19. The van der Waals surface area contributed by atoms with Crippen LogP contribution in [0.4, 0.5) is 0 Å². The molecule has 0 aliphatic heterocycles. The molecule has 1 nitrogen and oxygen atoms in total. The lowest BCUT2D eigenvalue weighted by atomic mass is 10.2. The molecule has 1 aromatic rings. The van der Waals surface area contributed by atoms with Gasteiger partial charge < -0.3 is 4.90 Å². The van der Waals surface area contributed by atoms with Crippen LogP contribution in [0.2, 0.25) is 19.6 Å². The van der Waals surface area contributed by atoms with Crippen LogP contribution in [0.25, 0.3) is 0 Å². The second-order valence-electron chi connectivity index (χ2n) is 5.84. The van der Waals surface area contributed by atoms with Crippen molar-refractivity contribution < 1.29 is 0 Å². The van der Waals surface area contributed by atoms with Crippen molar-refractivity contribution in [2.24, 2.45) is 0 Å². The predicted octanol–water partition coefficient (Wildman–Crippen LogP) is 4.61. The maximum atomic E-state index is 3.80. The van der Waals surface area contributed by atoms with Gasteiger partial charge in [0, 0.05) is 19.3 Å². The number of benzene rings is 1. The summed E-state index contributed by atoms with van der Waals surface area (Å²) >= 11 is 0. The van der Waals surface area contributed by atoms with E-state index in [-0.39, 0.29) is 0 Å². The van der Waals surface area contributed by atoms with Crippen LogP contribution >= 0.6 is 0 Å². The molecule has 0 aliphatic rings. The monoisotopic (exact) mass is 271 g/mol. The van der Waals surface area contributed by atoms with Gasteiger partial charge in [-0.25, -0.2) is 0 Å². The molecule has 0 saturated carbocycles. The summed E-state index contributed by atoms with van der Waals surface area (Å²) in [7, 11) is -1.16. The van der Waals surface area contributed by atoms with Gasteiger partial charge in [-0.05, 0) is 12.0 Å². The van der Waals surface area contributed by atoms with Crippen molar-refractivity contribution in [2.75, 3.05) is 6.54 Å². The van der Waals surface area contributed by atoms with Crippen molar-refractivity contribution >= 4 is 8.07 Å². The molecule has 19 heavy (non-hydrogen) atoms. The zero-order valence-corrected chi connectivity index (χ0v) is 13.4. The zero-order chi connectivity index (χ0) is 14.1. The van der Waals surface area contributed by atoms with Crippen LogP contribution in [0.3, 0.4) is 0 Å². The summed E-state index contributed by atoms with van der Waals surface area (Å²) < 4.78 is 0. The maximum absolute atomic E-state index is 3.80. The van der Waals surface area contributed by atoms with Crippen molar-refractivity contribution in [3.8, 4) is 0 Å². The van der Waals surface area contributed by atoms with Crippen molar-refractivity contribution in [3.63, 3.8) is 0 Å². The van der Waals surface area contributed by atoms with Gasteiger partial charge in [-0.3, -0.25) is 0 Å². The summed E-state index contributed by atoms with van der Waals surface area (Å²) in [4.78, 5) is 2.30. The van der Waals surface area contributed by atoms with Crippen LogP contribution in [-0.4, -0.2) is 19.5 Å². The minimum absolute atomic E-state index is 0.932. The molecule has 0 spiro atoms. The smallest absolute Gasteiger partial charge is 0.0782 e. The quantitative estimate of drug-likeness (QED) is 0.397. The highest BCUT2D eigenvalue weighted by Gasteiger charge is 2.06. The highest BCUT2D eigenvalue weighted by molar-refractivity contribution is 6.80. The van der Waals surface area contributed by atoms with Gasteiger partial charge in [0.2, 0.25) is 0 Å². The average Bonchev–Trinajstić information content (AvgIpc) is 2.35. The first-order chi connectivity index (χ1) is 9.01. The Hall–Kier alpha value is -1.50. The SMILES string of the molecule is C=CCCN(C=C=C[Si](C)(C)C)Cc1ccccc1. The molecule has 0 unspecified atom stereocenters. The maximum Gasteiger partial charge on any atom is 0.0782 e. The van der Waals surface area contributed by atoms with Gasteiger partial charge in [-0.2, -0.15) is 0 Å². The summed E-state index contributed by atoms with van der Waals surface area (Å²) in [5.41, 5.74) is 6.94. The molecule has 2 heteroatoms. The van der Waals surface area contributed by atoms with Gasteiger partial charge in [0.25, 0.3) is 0 Å². The van der Waals surface area contributed by atoms with Crippen molar-refractivity contribution in [2.45, 2.75) is 32.6 Å². The van der Waals surface area contributed by atoms with Crippen LogP contribution in [0.5, 0.6) is 0 Å². The van der Waals surface area contributed by atoms with E-state index in [1.807, 2.05) is 6.08 Å². The van der Waals surface area contributed by atoms with Crippen molar-refractivity contribution in [3.05, 3.63) is 66.2 Å². The fourth-order valence-electron chi connectivity index (χ4n) is 1.66. The molecule has 0 fully saturated rings. The molecule has 0 heterocycles. The Bertz CT molecular complexity index is 436. The topological polar surface area (TPSA) is 3.24 Å². The van der Waals surface area contributed by atoms with Gasteiger partial charge in [0.1, 0.15) is 0 Å². The van der Waals surface area contributed by atoms with Gasteiger partial charge in [0.15, 0.2) is 0 Å². The van der Waals surface area contributed by atoms with Gasteiger partial charge in [-0.15, -0.1) is 12.3 Å². The molecule has 0 radical (unpaired) electrons. The van der Waals surface area contributed by atoms with Crippen LogP contribution in [0.15, 0.2) is 60.6 Å². The molecule has 0 N–H and O–H groups in total. The molecular formula is C17H25NSi. The number of rotatable bonds is 7. The Morgan fingerprint density at radius 3 is 2.47 bits per heavy atom. The van der Waals surface area contributed by atoms with E-state index in [0.29, 0.717) is 0 Å². The number of nitrogens with zero attached hydrogens (tertiary/aromatic N) is 1. The molecule has 0 bridgehead atoms. The number of hydrogen-bond acceptors (Lipinski definition) is 1. The van der Waals surface area contributed by atoms with Gasteiger partial charge in [0.05, 0.1) is 8.07 Å². The average molecular weight is 271 g/mol. The van der Waals surface area contributed by atoms with E-state index in [9.17, 15) is 0 Å². The Kier molecular flexibility index (Phi) is 6.41. The normalized spacial score (nSPS) is 10.5. The summed E-state index contributed by atoms with van der Waals surface area (Å²) in [6.07, 6.45) is 5.06. The first-order valence-electron chi connectivity index (χ1n) is 6.84. The molecule has 1 rings (SSSR count). The molecule has 0 aromatic heterocycles. The van der Waals surface area contributed by atoms with Crippen LogP contribution in [0.1, 0.15) is 12.0 Å². The molecular weight excluding hydrogens is 246 g/mol. The van der Waals surface area contributed by atoms with E-state index in [2.05, 4.69) is 79.1 Å². The van der Waals surface area contributed by atoms with Crippen LogP contribution < -0.4 is 0 Å². The van der Waals surface area contributed by atoms with Crippen molar-refractivity contribution in [1.29, 1.82) is 0 Å². The first kappa shape index (κ1) is 15.6. The largest absolute Gasteiger partial charge is 0.367 e. The van der Waals surface area contributed by atoms with E-state index in [1.165, 1.54) is 5.56 Å². The lowest BCUT2D eigenvalue weighted by Crippen LogP contribution is -2.18. The Labute approximate surface area is 119 Å². The molecule has 0 aliphatic carbocycles. The lowest BCUT2D eigenvalue weighted by molar-refractivity contribution is 0.377. The number of hydrogen-bond donors (Lipinski definition) is 0. The highest BCUT2D eigenvalue weighted by Crippen LogP contribution is 2.06. The highest BCUT2D eigenvalue weighted by atomic mass is 28.3. The van der Waals surface area contributed by atoms with E-state index in [4.69, 9.17) is 0 Å². The summed E-state index contributed by atoms with van der Waals surface area (Å²) in [5, 5.41) is 0. The molecule has 0 saturated heterocycles. The van der Waals surface area contributed by atoms with E-state index in [0.717, 1.165) is 19.5 Å². The van der Waals surface area contributed by atoms with E-state index < -0.39 is 8.07 Å². The minimum Gasteiger partial charge on any atom is -0.367 e. The predicted molar refractivity (Wildman–Crippen MR) is 87.7 cm³/mol. The van der Waals surface area contributed by atoms with Crippen molar-refractivity contribution in [1.82, 2.24) is 4.90 Å². The van der Waals surface area contributed by atoms with Crippen LogP contribution in [-0.2, 0) is 6.54 Å². The first-order valence-corrected chi connectivity index (χ1v) is 10.4. The Balaban J connectivity index is 2.72. The van der Waals surface area contributed by atoms with E-state index >= 15 is 0 Å². The molecule has 102 valence electrons. The Morgan fingerprint density at radius 1 is 1.21 bits per heavy atom. The minimum atomic E-state index is -1.16. The second kappa shape index (κ2) is 7.83. The molecule has 1 aromatic carbocycles. The summed E-state index contributed by atoms with van der Waals surface area (Å²) in [5.74, 6) is 0. The summed E-state index contributed by atoms with van der Waals surface area (Å²) in [6, 6.07) is 10.6. The zero-order valence-electron chi connectivity index (χ0n) is 12.4. The van der Waals surface area contributed by atoms with Gasteiger partial charge >= 0.3 is 0 Å². The standard InChI is InChI=1S/C17H25NSi/c1-5-6-13-18(14-10-15-19(2,3)4)16-17-11-8-7-9-12-17/h5,7-9,11-12,14-15H,1,6,13,16H2,2-4H3. The second-order valence-corrected chi connectivity index (χ2v) is 10.9. The third-order valence-corrected chi connectivity index (χ3v) is 3.66. The third-order valence-electron chi connectivity index (χ3n) is 2.62. The van der Waals surface area contributed by atoms with Crippen LogP contribution in [0, 0.1) is 0 Å². The van der Waals surface area contributed by atoms with E-state index in [1.54, 1.807) is 0 Å². The fraction of sp³-hybridized carbons (Fsp3) is 0.353. The summed E-state index contributed by atoms with van der Waals surface area (Å²) in [6.45, 7) is 12.7. The van der Waals surface area contributed by atoms with Gasteiger partial charge in [-0.1, -0.05) is 61.7 Å². The Morgan fingerprint density at radius 2 is 1.89 bits per heavy atom. The third kappa shape index (κ3) is 7.50. The molecule has 0 amide bonds. The fourth-order valence-corrected chi connectivity index (χ4v) is 2.23. The molecule has 0 atom stereocenters.